The van der Waals surface area contributed by atoms with Gasteiger partial charge in [0.25, 0.3) is 0 Å². The molecule has 2 aromatic carbocycles. The highest BCUT2D eigenvalue weighted by molar-refractivity contribution is 6.31. The molecular weight excluding hydrogens is 446 g/mol. The van der Waals surface area contributed by atoms with E-state index in [0.29, 0.717) is 18.1 Å². The second-order valence-corrected chi connectivity index (χ2v) is 9.15. The summed E-state index contributed by atoms with van der Waals surface area (Å²) in [6, 6.07) is 16.1. The van der Waals surface area contributed by atoms with Gasteiger partial charge in [0.1, 0.15) is 0 Å². The van der Waals surface area contributed by atoms with Crippen molar-refractivity contribution in [3.63, 3.8) is 0 Å². The van der Waals surface area contributed by atoms with Gasteiger partial charge >= 0.3 is 0 Å². The molecule has 0 atom stereocenters. The molecule has 34 heavy (non-hydrogen) atoms. The lowest BCUT2D eigenvalue weighted by atomic mass is 10.1. The number of aromatic nitrogens is 4. The summed E-state index contributed by atoms with van der Waals surface area (Å²) < 4.78 is 3.85. The van der Waals surface area contributed by atoms with Crippen LogP contribution in [0.3, 0.4) is 0 Å². The lowest BCUT2D eigenvalue weighted by Gasteiger charge is -2.09. The second-order valence-electron chi connectivity index (χ2n) is 8.74. The minimum atomic E-state index is -0.0395. The highest BCUT2D eigenvalue weighted by atomic mass is 35.5. The maximum atomic E-state index is 12.9. The Morgan fingerprint density at radius 3 is 2.32 bits per heavy atom. The number of carbonyl (C=O) groups excluding carboxylic acids is 1. The number of rotatable bonds is 7. The van der Waals surface area contributed by atoms with Gasteiger partial charge in [-0.3, -0.25) is 9.48 Å². The molecule has 6 nitrogen and oxygen atoms in total. The molecule has 0 bridgehead atoms. The van der Waals surface area contributed by atoms with Gasteiger partial charge in [-0.05, 0) is 57.9 Å². The van der Waals surface area contributed by atoms with E-state index < -0.39 is 0 Å². The van der Waals surface area contributed by atoms with Gasteiger partial charge < -0.3 is 5.32 Å². The molecular formula is C27H30ClN5O. The summed E-state index contributed by atoms with van der Waals surface area (Å²) >= 11 is 6.31. The zero-order valence-corrected chi connectivity index (χ0v) is 21.1. The molecule has 1 amide bonds. The minimum Gasteiger partial charge on any atom is -0.352 e. The maximum absolute atomic E-state index is 12.9. The summed E-state index contributed by atoms with van der Waals surface area (Å²) in [5.41, 5.74) is 8.88. The smallest absolute Gasteiger partial charge is 0.224 e. The Bertz CT molecular complexity index is 1340. The van der Waals surface area contributed by atoms with E-state index in [4.69, 9.17) is 11.6 Å². The first-order valence-corrected chi connectivity index (χ1v) is 11.8. The standard InChI is InChI=1S/C27H30ClN5O/c1-17-11-12-23(13-26(17)28)33-21(5)24(18(2)31-33)14-27(34)29-15-25-19(3)30-32(20(25)4)16-22-9-7-6-8-10-22/h6-13H,14-16H2,1-5H3,(H,29,34). The lowest BCUT2D eigenvalue weighted by Crippen LogP contribution is -2.25. The molecule has 0 fully saturated rings. The van der Waals surface area contributed by atoms with Crippen LogP contribution in [0.1, 0.15) is 45.0 Å². The number of amides is 1. The molecule has 0 spiro atoms. The van der Waals surface area contributed by atoms with Crippen LogP contribution >= 0.6 is 11.6 Å². The number of halogens is 1. The zero-order valence-electron chi connectivity index (χ0n) is 20.3. The van der Waals surface area contributed by atoms with Crippen LogP contribution in [0, 0.1) is 34.6 Å². The molecule has 176 valence electrons. The van der Waals surface area contributed by atoms with Crippen LogP contribution in [0.4, 0.5) is 0 Å². The molecule has 0 saturated carbocycles. The van der Waals surface area contributed by atoms with E-state index in [1.165, 1.54) is 5.56 Å². The third-order valence-corrected chi connectivity index (χ3v) is 6.75. The SMILES string of the molecule is Cc1ccc(-n2nc(C)c(CC(=O)NCc3c(C)nn(Cc4ccccc4)c3C)c2C)cc1Cl. The molecule has 4 aromatic rings. The van der Waals surface area contributed by atoms with Gasteiger partial charge in [-0.2, -0.15) is 10.2 Å². The van der Waals surface area contributed by atoms with E-state index in [0.717, 1.165) is 45.2 Å². The van der Waals surface area contributed by atoms with Crippen LogP contribution in [0.15, 0.2) is 48.5 Å². The quantitative estimate of drug-likeness (QED) is 0.401. The number of aryl methyl sites for hydroxylation is 3. The number of hydrogen-bond acceptors (Lipinski definition) is 3. The van der Waals surface area contributed by atoms with Crippen LogP contribution in [0.2, 0.25) is 5.02 Å². The van der Waals surface area contributed by atoms with E-state index in [1.807, 2.05) is 73.5 Å². The predicted molar refractivity (Wildman–Crippen MR) is 136 cm³/mol. The Labute approximate surface area is 205 Å². The van der Waals surface area contributed by atoms with Crippen molar-refractivity contribution in [1.82, 2.24) is 24.9 Å². The molecule has 0 radical (unpaired) electrons. The van der Waals surface area contributed by atoms with E-state index in [-0.39, 0.29) is 12.3 Å². The number of nitrogens with one attached hydrogen (secondary N) is 1. The molecule has 1 N–H and O–H groups in total. The Hall–Kier alpha value is -3.38. The molecule has 0 saturated heterocycles. The summed E-state index contributed by atoms with van der Waals surface area (Å²) in [5.74, 6) is -0.0395. The van der Waals surface area contributed by atoms with Crippen molar-refractivity contribution in [3.8, 4) is 5.69 Å². The van der Waals surface area contributed by atoms with Gasteiger partial charge in [0.15, 0.2) is 0 Å². The Morgan fingerprint density at radius 2 is 1.62 bits per heavy atom. The van der Waals surface area contributed by atoms with E-state index in [9.17, 15) is 4.79 Å². The van der Waals surface area contributed by atoms with Crippen LogP contribution in [-0.4, -0.2) is 25.5 Å². The number of nitrogens with zero attached hydrogens (tertiary/aromatic N) is 4. The summed E-state index contributed by atoms with van der Waals surface area (Å²) in [6.45, 7) is 11.1. The molecule has 7 heteroatoms. The molecule has 0 aliphatic carbocycles. The van der Waals surface area contributed by atoms with Crippen molar-refractivity contribution >= 4 is 17.5 Å². The average Bonchev–Trinajstić information content (AvgIpc) is 3.24. The van der Waals surface area contributed by atoms with E-state index >= 15 is 0 Å². The van der Waals surface area contributed by atoms with Crippen molar-refractivity contribution in [1.29, 1.82) is 0 Å². The first-order valence-electron chi connectivity index (χ1n) is 11.4. The Morgan fingerprint density at radius 1 is 0.912 bits per heavy atom. The van der Waals surface area contributed by atoms with Crippen LogP contribution < -0.4 is 5.32 Å². The third kappa shape index (κ3) is 4.92. The summed E-state index contributed by atoms with van der Waals surface area (Å²) in [6.07, 6.45) is 0.271. The summed E-state index contributed by atoms with van der Waals surface area (Å²) in [4.78, 5) is 12.9. The minimum absolute atomic E-state index is 0.0395. The molecule has 0 unspecified atom stereocenters. The topological polar surface area (TPSA) is 64.7 Å². The number of benzene rings is 2. The van der Waals surface area contributed by atoms with Gasteiger partial charge in [-0.15, -0.1) is 0 Å². The van der Waals surface area contributed by atoms with Crippen molar-refractivity contribution in [2.75, 3.05) is 0 Å². The first-order chi connectivity index (χ1) is 16.2. The van der Waals surface area contributed by atoms with Crippen molar-refractivity contribution in [2.45, 2.75) is 54.1 Å². The average molecular weight is 476 g/mol. The van der Waals surface area contributed by atoms with E-state index in [2.05, 4.69) is 34.6 Å². The van der Waals surface area contributed by atoms with Gasteiger partial charge in [-0.25, -0.2) is 4.68 Å². The first kappa shape index (κ1) is 23.8. The van der Waals surface area contributed by atoms with Gasteiger partial charge in [-0.1, -0.05) is 48.0 Å². The van der Waals surface area contributed by atoms with Crippen LogP contribution in [-0.2, 0) is 24.3 Å². The maximum Gasteiger partial charge on any atom is 0.224 e. The molecule has 0 aliphatic heterocycles. The van der Waals surface area contributed by atoms with Crippen molar-refractivity contribution in [3.05, 3.63) is 98.6 Å². The van der Waals surface area contributed by atoms with Gasteiger partial charge in [0.2, 0.25) is 5.91 Å². The number of hydrogen-bond donors (Lipinski definition) is 1. The second kappa shape index (κ2) is 9.85. The third-order valence-electron chi connectivity index (χ3n) is 6.35. The van der Waals surface area contributed by atoms with Crippen LogP contribution in [0.25, 0.3) is 5.69 Å². The summed E-state index contributed by atoms with van der Waals surface area (Å²) in [5, 5.41) is 13.1. The fourth-order valence-corrected chi connectivity index (χ4v) is 4.38. The number of carbonyl (C=O) groups is 1. The Kier molecular flexibility index (Phi) is 6.89. The van der Waals surface area contributed by atoms with Gasteiger partial charge in [0.05, 0.1) is 30.0 Å². The monoisotopic (exact) mass is 475 g/mol. The van der Waals surface area contributed by atoms with Crippen LogP contribution in [0.5, 0.6) is 0 Å². The van der Waals surface area contributed by atoms with E-state index in [1.54, 1.807) is 0 Å². The molecule has 4 rings (SSSR count). The van der Waals surface area contributed by atoms with Crippen molar-refractivity contribution in [2.24, 2.45) is 0 Å². The fourth-order valence-electron chi connectivity index (χ4n) is 4.21. The highest BCUT2D eigenvalue weighted by Crippen LogP contribution is 2.23. The molecule has 2 aromatic heterocycles. The lowest BCUT2D eigenvalue weighted by molar-refractivity contribution is -0.120. The Balaban J connectivity index is 1.45. The summed E-state index contributed by atoms with van der Waals surface area (Å²) in [7, 11) is 0. The fraction of sp³-hybridized carbons (Fsp3) is 0.296. The highest BCUT2D eigenvalue weighted by Gasteiger charge is 2.18. The van der Waals surface area contributed by atoms with Gasteiger partial charge in [0, 0.05) is 34.1 Å². The van der Waals surface area contributed by atoms with Crippen molar-refractivity contribution < 1.29 is 4.79 Å². The molecule has 2 heterocycles. The largest absolute Gasteiger partial charge is 0.352 e. The predicted octanol–water partition coefficient (Wildman–Crippen LogP) is 5.17. The zero-order chi connectivity index (χ0) is 24.4. The molecule has 0 aliphatic rings. The normalized spacial score (nSPS) is 11.1.